The molecule has 126 valence electrons. The fraction of sp³-hybridized carbons (Fsp3) is 0.471. The molecule has 4 heterocycles. The van der Waals surface area contributed by atoms with E-state index in [-0.39, 0.29) is 11.9 Å². The molecule has 7 heteroatoms. The summed E-state index contributed by atoms with van der Waals surface area (Å²) in [5, 5.41) is 0. The minimum Gasteiger partial charge on any atom is -0.441 e. The molecule has 2 aromatic heterocycles. The van der Waals surface area contributed by atoms with Gasteiger partial charge in [0.2, 0.25) is 11.8 Å². The van der Waals surface area contributed by atoms with Crippen molar-refractivity contribution in [2.24, 2.45) is 0 Å². The number of pyridine rings is 1. The summed E-state index contributed by atoms with van der Waals surface area (Å²) in [5.41, 5.74) is 1.69. The number of ether oxygens (including phenoxy) is 1. The van der Waals surface area contributed by atoms with E-state index in [1.165, 1.54) is 0 Å². The van der Waals surface area contributed by atoms with Crippen LogP contribution in [-0.2, 0) is 22.5 Å². The fourth-order valence-electron chi connectivity index (χ4n) is 3.16. The average molecular weight is 328 g/mol. The van der Waals surface area contributed by atoms with E-state index in [0.29, 0.717) is 38.6 Å². The lowest BCUT2D eigenvalue weighted by atomic mass is 10.1. The highest BCUT2D eigenvalue weighted by atomic mass is 16.5. The van der Waals surface area contributed by atoms with Crippen molar-refractivity contribution in [3.8, 4) is 11.5 Å². The van der Waals surface area contributed by atoms with Crippen molar-refractivity contribution in [3.05, 3.63) is 36.0 Å². The van der Waals surface area contributed by atoms with Gasteiger partial charge in [-0.1, -0.05) is 0 Å². The number of carbonyl (C=O) groups excluding carboxylic acids is 1. The molecule has 1 fully saturated rings. The molecule has 0 radical (unpaired) electrons. The molecule has 4 rings (SSSR count). The van der Waals surface area contributed by atoms with Crippen LogP contribution in [0.25, 0.3) is 11.5 Å². The SMILES string of the molecule is CN1CCOC[C@@H]1C(=O)N1CCc2oc(-c3cccnc3)nc2C1. The van der Waals surface area contributed by atoms with Crippen LogP contribution in [0.2, 0.25) is 0 Å². The van der Waals surface area contributed by atoms with Crippen LogP contribution >= 0.6 is 0 Å². The predicted molar refractivity (Wildman–Crippen MR) is 86.1 cm³/mol. The number of hydrogen-bond donors (Lipinski definition) is 0. The molecular formula is C17H20N4O3. The molecule has 2 aliphatic heterocycles. The standard InChI is InChI=1S/C17H20N4O3/c1-20-7-8-23-11-14(20)17(22)21-6-4-15-13(10-21)19-16(24-15)12-3-2-5-18-9-12/h2-3,5,9,14H,4,6-8,10-11H2,1H3/t14-/m1/s1. The highest BCUT2D eigenvalue weighted by molar-refractivity contribution is 5.82. The van der Waals surface area contributed by atoms with Gasteiger partial charge in [0.05, 0.1) is 25.3 Å². The molecule has 0 bridgehead atoms. The van der Waals surface area contributed by atoms with Crippen LogP contribution in [0.15, 0.2) is 28.9 Å². The van der Waals surface area contributed by atoms with Gasteiger partial charge in [-0.15, -0.1) is 0 Å². The quantitative estimate of drug-likeness (QED) is 0.817. The number of morpholine rings is 1. The Labute approximate surface area is 140 Å². The van der Waals surface area contributed by atoms with E-state index in [0.717, 1.165) is 23.6 Å². The van der Waals surface area contributed by atoms with Gasteiger partial charge in [-0.05, 0) is 19.2 Å². The third-order valence-corrected chi connectivity index (χ3v) is 4.63. The van der Waals surface area contributed by atoms with E-state index in [1.54, 1.807) is 12.4 Å². The number of carbonyl (C=O) groups is 1. The first-order chi connectivity index (χ1) is 11.7. The van der Waals surface area contributed by atoms with Crippen LogP contribution < -0.4 is 0 Å². The minimum atomic E-state index is -0.204. The van der Waals surface area contributed by atoms with E-state index in [2.05, 4.69) is 14.9 Å². The Morgan fingerprint density at radius 2 is 2.29 bits per heavy atom. The maximum absolute atomic E-state index is 12.8. The molecule has 24 heavy (non-hydrogen) atoms. The maximum atomic E-state index is 12.8. The van der Waals surface area contributed by atoms with Gasteiger partial charge < -0.3 is 14.1 Å². The number of oxazole rings is 1. The first-order valence-corrected chi connectivity index (χ1v) is 8.18. The maximum Gasteiger partial charge on any atom is 0.242 e. The van der Waals surface area contributed by atoms with Crippen LogP contribution in [0.3, 0.4) is 0 Å². The molecule has 0 N–H and O–H groups in total. The Morgan fingerprint density at radius 3 is 3.08 bits per heavy atom. The predicted octanol–water partition coefficient (Wildman–Crippen LogP) is 0.952. The Balaban J connectivity index is 1.51. The van der Waals surface area contributed by atoms with Gasteiger partial charge in [0.1, 0.15) is 17.5 Å². The van der Waals surface area contributed by atoms with Gasteiger partial charge in [0, 0.05) is 31.9 Å². The average Bonchev–Trinajstić information content (AvgIpc) is 3.05. The van der Waals surface area contributed by atoms with Gasteiger partial charge in [0.25, 0.3) is 0 Å². The van der Waals surface area contributed by atoms with Gasteiger partial charge in [-0.2, -0.15) is 0 Å². The molecular weight excluding hydrogens is 308 g/mol. The summed E-state index contributed by atoms with van der Waals surface area (Å²) in [4.78, 5) is 25.4. The smallest absolute Gasteiger partial charge is 0.242 e. The molecule has 0 spiro atoms. The third kappa shape index (κ3) is 2.81. The summed E-state index contributed by atoms with van der Waals surface area (Å²) >= 11 is 0. The van der Waals surface area contributed by atoms with E-state index in [1.807, 2.05) is 24.1 Å². The molecule has 2 aromatic rings. The van der Waals surface area contributed by atoms with Gasteiger partial charge >= 0.3 is 0 Å². The molecule has 0 saturated carbocycles. The Hall–Kier alpha value is -2.25. The number of fused-ring (bicyclic) bond motifs is 1. The lowest BCUT2D eigenvalue weighted by Crippen LogP contribution is -2.54. The summed E-state index contributed by atoms with van der Waals surface area (Å²) < 4.78 is 11.3. The highest BCUT2D eigenvalue weighted by Crippen LogP contribution is 2.26. The van der Waals surface area contributed by atoms with Crippen molar-refractivity contribution in [1.29, 1.82) is 0 Å². The molecule has 1 saturated heterocycles. The molecule has 0 aromatic carbocycles. The zero-order chi connectivity index (χ0) is 16.5. The van der Waals surface area contributed by atoms with E-state index < -0.39 is 0 Å². The summed E-state index contributed by atoms with van der Waals surface area (Å²) in [5.74, 6) is 1.54. The lowest BCUT2D eigenvalue weighted by molar-refractivity contribution is -0.143. The van der Waals surface area contributed by atoms with Crippen molar-refractivity contribution in [1.82, 2.24) is 19.8 Å². The molecule has 7 nitrogen and oxygen atoms in total. The summed E-state index contributed by atoms with van der Waals surface area (Å²) in [6.45, 7) is 3.06. The summed E-state index contributed by atoms with van der Waals surface area (Å²) in [7, 11) is 1.97. The fourth-order valence-corrected chi connectivity index (χ4v) is 3.16. The number of rotatable bonds is 2. The Kier molecular flexibility index (Phi) is 4.03. The molecule has 1 amide bonds. The van der Waals surface area contributed by atoms with Crippen molar-refractivity contribution in [2.45, 2.75) is 19.0 Å². The lowest BCUT2D eigenvalue weighted by Gasteiger charge is -2.36. The normalized spacial score (nSPS) is 21.5. The summed E-state index contributed by atoms with van der Waals surface area (Å²) in [6, 6.07) is 3.57. The zero-order valence-electron chi connectivity index (χ0n) is 13.6. The zero-order valence-corrected chi connectivity index (χ0v) is 13.6. The minimum absolute atomic E-state index is 0.105. The summed E-state index contributed by atoms with van der Waals surface area (Å²) in [6.07, 6.45) is 4.13. The molecule has 2 aliphatic rings. The Bertz CT molecular complexity index is 731. The first kappa shape index (κ1) is 15.3. The number of nitrogens with zero attached hydrogens (tertiary/aromatic N) is 4. The van der Waals surface area contributed by atoms with Gasteiger partial charge in [-0.25, -0.2) is 4.98 Å². The van der Waals surface area contributed by atoms with Crippen LogP contribution in [0.5, 0.6) is 0 Å². The highest BCUT2D eigenvalue weighted by Gasteiger charge is 2.33. The third-order valence-electron chi connectivity index (χ3n) is 4.63. The first-order valence-electron chi connectivity index (χ1n) is 8.18. The van der Waals surface area contributed by atoms with E-state index in [9.17, 15) is 4.79 Å². The van der Waals surface area contributed by atoms with Gasteiger partial charge in [-0.3, -0.25) is 14.7 Å². The van der Waals surface area contributed by atoms with Crippen LogP contribution in [0.4, 0.5) is 0 Å². The van der Waals surface area contributed by atoms with E-state index in [4.69, 9.17) is 9.15 Å². The van der Waals surface area contributed by atoms with Crippen molar-refractivity contribution >= 4 is 5.91 Å². The largest absolute Gasteiger partial charge is 0.441 e. The molecule has 1 atom stereocenters. The second kappa shape index (κ2) is 6.33. The van der Waals surface area contributed by atoms with Crippen LogP contribution in [0.1, 0.15) is 11.5 Å². The van der Waals surface area contributed by atoms with Crippen LogP contribution in [0, 0.1) is 0 Å². The van der Waals surface area contributed by atoms with Crippen molar-refractivity contribution in [2.75, 3.05) is 33.4 Å². The van der Waals surface area contributed by atoms with Crippen molar-refractivity contribution in [3.63, 3.8) is 0 Å². The number of likely N-dealkylation sites (N-methyl/N-ethyl adjacent to an activating group) is 1. The second-order valence-corrected chi connectivity index (χ2v) is 6.21. The number of amides is 1. The second-order valence-electron chi connectivity index (χ2n) is 6.21. The number of hydrogen-bond acceptors (Lipinski definition) is 6. The van der Waals surface area contributed by atoms with Crippen LogP contribution in [-0.4, -0.2) is 65.1 Å². The van der Waals surface area contributed by atoms with Crippen molar-refractivity contribution < 1.29 is 13.9 Å². The Morgan fingerprint density at radius 1 is 1.38 bits per heavy atom. The number of aromatic nitrogens is 2. The monoisotopic (exact) mass is 328 g/mol. The molecule has 0 aliphatic carbocycles. The van der Waals surface area contributed by atoms with E-state index >= 15 is 0 Å². The topological polar surface area (TPSA) is 71.7 Å². The van der Waals surface area contributed by atoms with Gasteiger partial charge in [0.15, 0.2) is 0 Å². The molecule has 0 unspecified atom stereocenters.